The summed E-state index contributed by atoms with van der Waals surface area (Å²) in [5.74, 6) is 0.407. The van der Waals surface area contributed by atoms with Gasteiger partial charge < -0.3 is 24.1 Å². The lowest BCUT2D eigenvalue weighted by Gasteiger charge is -2.39. The van der Waals surface area contributed by atoms with Crippen LogP contribution >= 0.6 is 0 Å². The number of hydrogen-bond donors (Lipinski definition) is 1. The van der Waals surface area contributed by atoms with E-state index >= 15 is 0 Å². The van der Waals surface area contributed by atoms with Crippen molar-refractivity contribution in [2.75, 3.05) is 6.61 Å². The molecule has 0 unspecified atom stereocenters. The fourth-order valence-corrected chi connectivity index (χ4v) is 3.68. The van der Waals surface area contributed by atoms with Gasteiger partial charge in [0, 0.05) is 18.6 Å². The monoisotopic (exact) mass is 465 g/mol. The minimum absolute atomic E-state index is 0.0311. The van der Waals surface area contributed by atoms with E-state index in [0.29, 0.717) is 25.4 Å². The van der Waals surface area contributed by atoms with Crippen molar-refractivity contribution in [3.63, 3.8) is 0 Å². The maximum Gasteiger partial charge on any atom is 0.269 e. The Morgan fingerprint density at radius 1 is 0.912 bits per heavy atom. The second kappa shape index (κ2) is 11.7. The topological polar surface area (TPSA) is 100 Å². The van der Waals surface area contributed by atoms with E-state index in [1.165, 1.54) is 24.3 Å². The number of benzene rings is 3. The van der Waals surface area contributed by atoms with E-state index in [1.807, 2.05) is 60.7 Å². The number of aliphatic hydroxyl groups is 1. The van der Waals surface area contributed by atoms with Crippen molar-refractivity contribution in [1.29, 1.82) is 0 Å². The molecule has 3 aromatic rings. The first-order valence-electron chi connectivity index (χ1n) is 11.1. The molecule has 1 fully saturated rings. The van der Waals surface area contributed by atoms with E-state index in [9.17, 15) is 15.2 Å². The van der Waals surface area contributed by atoms with Crippen LogP contribution in [0.1, 0.15) is 17.5 Å². The molecular weight excluding hydrogens is 438 g/mol. The number of aliphatic hydroxyl groups excluding tert-OH is 1. The molecule has 0 aromatic heterocycles. The van der Waals surface area contributed by atoms with Crippen LogP contribution in [0.3, 0.4) is 0 Å². The SMILES string of the molecule is O=[N+]([O-])c1ccc(O[C@@H]2O[C@H](COCc3ccccc3)[C@H](O)C[C@H]2OCc2ccccc2)cc1. The van der Waals surface area contributed by atoms with Gasteiger partial charge in [-0.1, -0.05) is 60.7 Å². The van der Waals surface area contributed by atoms with Crippen LogP contribution < -0.4 is 4.74 Å². The van der Waals surface area contributed by atoms with Gasteiger partial charge in [0.2, 0.25) is 6.29 Å². The van der Waals surface area contributed by atoms with Crippen LogP contribution in [0.2, 0.25) is 0 Å². The minimum atomic E-state index is -0.820. The molecule has 1 heterocycles. The number of nitrogens with zero attached hydrogens (tertiary/aromatic N) is 1. The van der Waals surface area contributed by atoms with Crippen LogP contribution in [0.5, 0.6) is 5.75 Å². The van der Waals surface area contributed by atoms with Gasteiger partial charge in [-0.25, -0.2) is 0 Å². The number of hydrogen-bond acceptors (Lipinski definition) is 7. The molecule has 178 valence electrons. The highest BCUT2D eigenvalue weighted by Crippen LogP contribution is 2.28. The zero-order valence-electron chi connectivity index (χ0n) is 18.6. The number of non-ortho nitro benzene ring substituents is 1. The van der Waals surface area contributed by atoms with Crippen molar-refractivity contribution >= 4 is 5.69 Å². The summed E-state index contributed by atoms with van der Waals surface area (Å²) < 4.78 is 23.9. The summed E-state index contributed by atoms with van der Waals surface area (Å²) in [6.45, 7) is 0.910. The van der Waals surface area contributed by atoms with Gasteiger partial charge in [0.1, 0.15) is 18.0 Å². The number of nitro groups is 1. The highest BCUT2D eigenvalue weighted by Gasteiger charge is 2.39. The fourth-order valence-electron chi connectivity index (χ4n) is 3.68. The van der Waals surface area contributed by atoms with Gasteiger partial charge in [-0.3, -0.25) is 10.1 Å². The van der Waals surface area contributed by atoms with Crippen LogP contribution in [0.25, 0.3) is 0 Å². The minimum Gasteiger partial charge on any atom is -0.462 e. The van der Waals surface area contributed by atoms with Gasteiger partial charge in [-0.15, -0.1) is 0 Å². The second-order valence-electron chi connectivity index (χ2n) is 8.05. The van der Waals surface area contributed by atoms with E-state index in [4.69, 9.17) is 18.9 Å². The third kappa shape index (κ3) is 6.61. The van der Waals surface area contributed by atoms with E-state index in [1.54, 1.807) is 0 Å². The average molecular weight is 466 g/mol. The summed E-state index contributed by atoms with van der Waals surface area (Å²) in [5, 5.41) is 21.6. The normalized spacial score (nSPS) is 22.3. The van der Waals surface area contributed by atoms with Crippen molar-refractivity contribution in [3.8, 4) is 5.75 Å². The summed E-state index contributed by atoms with van der Waals surface area (Å²) in [6.07, 6.45) is -2.48. The van der Waals surface area contributed by atoms with Crippen LogP contribution in [0.15, 0.2) is 84.9 Å². The van der Waals surface area contributed by atoms with E-state index in [2.05, 4.69) is 0 Å². The quantitative estimate of drug-likeness (QED) is 0.353. The standard InChI is InChI=1S/C26H27NO7/c28-23-15-24(32-17-20-9-5-2-6-10-20)26(33-22-13-11-21(12-14-22)27(29)30)34-25(23)18-31-16-19-7-3-1-4-8-19/h1-14,23-26,28H,15-18H2/t23-,24-,25-,26-/m1/s1. The first-order chi connectivity index (χ1) is 16.6. The predicted octanol–water partition coefficient (Wildman–Crippen LogP) is 4.25. The summed E-state index contributed by atoms with van der Waals surface area (Å²) in [6, 6.07) is 25.2. The molecule has 1 aliphatic rings. The zero-order chi connectivity index (χ0) is 23.8. The number of ether oxygens (including phenoxy) is 4. The lowest BCUT2D eigenvalue weighted by atomic mass is 10.0. The zero-order valence-corrected chi connectivity index (χ0v) is 18.6. The molecular formula is C26H27NO7. The first kappa shape index (κ1) is 23.8. The molecule has 4 rings (SSSR count). The number of nitro benzene ring substituents is 1. The molecule has 8 heteroatoms. The number of rotatable bonds is 10. The maximum absolute atomic E-state index is 10.9. The summed E-state index contributed by atoms with van der Waals surface area (Å²) in [5.41, 5.74) is 1.98. The summed E-state index contributed by atoms with van der Waals surface area (Å²) in [4.78, 5) is 10.5. The average Bonchev–Trinajstić information content (AvgIpc) is 2.86. The Bertz CT molecular complexity index is 1030. The van der Waals surface area contributed by atoms with Gasteiger partial charge in [-0.05, 0) is 23.3 Å². The van der Waals surface area contributed by atoms with Crippen molar-refractivity contribution in [3.05, 3.63) is 106 Å². The van der Waals surface area contributed by atoms with Crippen molar-refractivity contribution < 1.29 is 29.0 Å². The Kier molecular flexibility index (Phi) is 8.21. The van der Waals surface area contributed by atoms with Crippen molar-refractivity contribution in [1.82, 2.24) is 0 Å². The Balaban J connectivity index is 1.41. The first-order valence-corrected chi connectivity index (χ1v) is 11.1. The van der Waals surface area contributed by atoms with E-state index < -0.39 is 29.5 Å². The van der Waals surface area contributed by atoms with Crippen LogP contribution in [0.4, 0.5) is 5.69 Å². The lowest BCUT2D eigenvalue weighted by molar-refractivity contribution is -0.384. The second-order valence-corrected chi connectivity index (χ2v) is 8.05. The Hall–Kier alpha value is -3.30. The Morgan fingerprint density at radius 2 is 1.53 bits per heavy atom. The molecule has 34 heavy (non-hydrogen) atoms. The molecule has 0 aliphatic carbocycles. The van der Waals surface area contributed by atoms with Crippen LogP contribution in [-0.4, -0.2) is 41.2 Å². The summed E-state index contributed by atoms with van der Waals surface area (Å²) >= 11 is 0. The third-order valence-electron chi connectivity index (χ3n) is 5.52. The predicted molar refractivity (Wildman–Crippen MR) is 124 cm³/mol. The Labute approximate surface area is 197 Å². The highest BCUT2D eigenvalue weighted by molar-refractivity contribution is 5.36. The fraction of sp³-hybridized carbons (Fsp3) is 0.308. The van der Waals surface area contributed by atoms with Gasteiger partial charge in [0.15, 0.2) is 0 Å². The Morgan fingerprint density at radius 3 is 2.15 bits per heavy atom. The van der Waals surface area contributed by atoms with Crippen molar-refractivity contribution in [2.45, 2.75) is 44.2 Å². The molecule has 0 radical (unpaired) electrons. The molecule has 1 saturated heterocycles. The molecule has 0 spiro atoms. The molecule has 4 atom stereocenters. The largest absolute Gasteiger partial charge is 0.462 e. The van der Waals surface area contributed by atoms with Gasteiger partial charge >= 0.3 is 0 Å². The van der Waals surface area contributed by atoms with Crippen molar-refractivity contribution in [2.24, 2.45) is 0 Å². The van der Waals surface area contributed by atoms with E-state index in [0.717, 1.165) is 11.1 Å². The van der Waals surface area contributed by atoms with Gasteiger partial charge in [0.25, 0.3) is 5.69 Å². The third-order valence-corrected chi connectivity index (χ3v) is 5.52. The maximum atomic E-state index is 10.9. The summed E-state index contributed by atoms with van der Waals surface area (Å²) in [7, 11) is 0. The molecule has 3 aromatic carbocycles. The molecule has 0 saturated carbocycles. The molecule has 8 nitrogen and oxygen atoms in total. The highest BCUT2D eigenvalue weighted by atomic mass is 16.7. The molecule has 0 amide bonds. The van der Waals surface area contributed by atoms with Gasteiger partial charge in [-0.2, -0.15) is 0 Å². The molecule has 1 N–H and O–H groups in total. The molecule has 1 aliphatic heterocycles. The van der Waals surface area contributed by atoms with Crippen LogP contribution in [-0.2, 0) is 27.4 Å². The smallest absolute Gasteiger partial charge is 0.269 e. The van der Waals surface area contributed by atoms with E-state index in [-0.39, 0.29) is 12.3 Å². The lowest BCUT2D eigenvalue weighted by Crippen LogP contribution is -2.52. The van der Waals surface area contributed by atoms with Gasteiger partial charge in [0.05, 0.1) is 30.8 Å². The van der Waals surface area contributed by atoms with Crippen LogP contribution in [0, 0.1) is 10.1 Å². The molecule has 0 bridgehead atoms.